The van der Waals surface area contributed by atoms with Gasteiger partial charge in [-0.2, -0.15) is 0 Å². The quantitative estimate of drug-likeness (QED) is 0.742. The fourth-order valence-corrected chi connectivity index (χ4v) is 2.21. The summed E-state index contributed by atoms with van der Waals surface area (Å²) in [5.74, 6) is 0.322. The average Bonchev–Trinajstić information content (AvgIpc) is 2.47. The average molecular weight is 295 g/mol. The summed E-state index contributed by atoms with van der Waals surface area (Å²) in [6, 6.07) is 2.40. The molecule has 0 aliphatic rings. The van der Waals surface area contributed by atoms with Crippen molar-refractivity contribution in [2.24, 2.45) is 0 Å². The summed E-state index contributed by atoms with van der Waals surface area (Å²) < 4.78 is 14.8. The van der Waals surface area contributed by atoms with Crippen LogP contribution in [0.25, 0.3) is 0 Å². The van der Waals surface area contributed by atoms with E-state index in [2.05, 4.69) is 49.8 Å². The van der Waals surface area contributed by atoms with E-state index in [1.807, 2.05) is 0 Å². The van der Waals surface area contributed by atoms with Crippen LogP contribution in [0.5, 0.6) is 0 Å². The monoisotopic (exact) mass is 295 g/mol. The van der Waals surface area contributed by atoms with Gasteiger partial charge in [0, 0.05) is 36.9 Å². The lowest BCUT2D eigenvalue weighted by atomic mass is 10.1. The van der Waals surface area contributed by atoms with Gasteiger partial charge in [-0.3, -0.25) is 0 Å². The van der Waals surface area contributed by atoms with Gasteiger partial charge in [-0.15, -0.1) is 0 Å². The van der Waals surface area contributed by atoms with Crippen LogP contribution in [-0.4, -0.2) is 23.6 Å². The molecule has 0 aromatic carbocycles. The SMILES string of the molecule is CCCCN(c1nccc(CNC(C)C)c1F)C(C)CC. The van der Waals surface area contributed by atoms with Crippen LogP contribution < -0.4 is 10.2 Å². The smallest absolute Gasteiger partial charge is 0.170 e. The number of anilines is 1. The standard InChI is InChI=1S/C17H30FN3/c1-6-8-11-21(14(5)7-2)17-16(18)15(9-10-19-17)12-20-13(3)4/h9-10,13-14,20H,6-8,11-12H2,1-5H3. The van der Waals surface area contributed by atoms with Crippen molar-refractivity contribution in [1.29, 1.82) is 0 Å². The third-order valence-electron chi connectivity index (χ3n) is 3.80. The first-order valence-corrected chi connectivity index (χ1v) is 8.14. The second-order valence-electron chi connectivity index (χ2n) is 5.95. The summed E-state index contributed by atoms with van der Waals surface area (Å²) in [5.41, 5.74) is 0.693. The molecule has 0 radical (unpaired) electrons. The van der Waals surface area contributed by atoms with Crippen LogP contribution in [0.3, 0.4) is 0 Å². The minimum absolute atomic E-state index is 0.179. The minimum atomic E-state index is -0.179. The zero-order chi connectivity index (χ0) is 15.8. The normalized spacial score (nSPS) is 12.7. The molecule has 0 saturated carbocycles. The summed E-state index contributed by atoms with van der Waals surface area (Å²) in [4.78, 5) is 6.42. The number of halogens is 1. The van der Waals surface area contributed by atoms with Gasteiger partial charge in [0.05, 0.1) is 0 Å². The van der Waals surface area contributed by atoms with Gasteiger partial charge in [0.25, 0.3) is 0 Å². The Morgan fingerprint density at radius 2 is 2.00 bits per heavy atom. The van der Waals surface area contributed by atoms with E-state index in [-0.39, 0.29) is 5.82 Å². The van der Waals surface area contributed by atoms with Crippen molar-refractivity contribution in [2.75, 3.05) is 11.4 Å². The Morgan fingerprint density at radius 3 is 2.57 bits per heavy atom. The maximum Gasteiger partial charge on any atom is 0.170 e. The van der Waals surface area contributed by atoms with Crippen molar-refractivity contribution >= 4 is 5.82 Å². The zero-order valence-electron chi connectivity index (χ0n) is 14.1. The highest BCUT2D eigenvalue weighted by atomic mass is 19.1. The molecule has 1 atom stereocenters. The first-order valence-electron chi connectivity index (χ1n) is 8.14. The molecule has 1 aromatic heterocycles. The largest absolute Gasteiger partial charge is 0.351 e. The maximum absolute atomic E-state index is 14.8. The van der Waals surface area contributed by atoms with E-state index in [0.29, 0.717) is 30.0 Å². The van der Waals surface area contributed by atoms with Crippen LogP contribution in [0.4, 0.5) is 10.2 Å². The highest BCUT2D eigenvalue weighted by Gasteiger charge is 2.19. The molecule has 21 heavy (non-hydrogen) atoms. The van der Waals surface area contributed by atoms with Crippen molar-refractivity contribution in [3.63, 3.8) is 0 Å². The number of nitrogens with zero attached hydrogens (tertiary/aromatic N) is 2. The first kappa shape index (κ1) is 17.9. The molecular formula is C17H30FN3. The predicted octanol–water partition coefficient (Wildman–Crippen LogP) is 4.12. The zero-order valence-corrected chi connectivity index (χ0v) is 14.1. The van der Waals surface area contributed by atoms with Crippen molar-refractivity contribution in [1.82, 2.24) is 10.3 Å². The minimum Gasteiger partial charge on any atom is -0.351 e. The van der Waals surface area contributed by atoms with Crippen molar-refractivity contribution in [2.45, 2.75) is 72.5 Å². The Bertz CT molecular complexity index is 420. The molecule has 0 aliphatic heterocycles. The summed E-state index contributed by atoms with van der Waals surface area (Å²) in [6.07, 6.45) is 4.86. The molecule has 1 unspecified atom stereocenters. The molecule has 1 rings (SSSR count). The maximum atomic E-state index is 14.8. The van der Waals surface area contributed by atoms with Crippen LogP contribution in [0.15, 0.2) is 12.3 Å². The first-order chi connectivity index (χ1) is 10.0. The van der Waals surface area contributed by atoms with E-state index in [9.17, 15) is 4.39 Å². The van der Waals surface area contributed by atoms with Crippen LogP contribution in [0.1, 0.15) is 59.4 Å². The van der Waals surface area contributed by atoms with E-state index in [4.69, 9.17) is 0 Å². The molecule has 0 bridgehead atoms. The van der Waals surface area contributed by atoms with Gasteiger partial charge >= 0.3 is 0 Å². The van der Waals surface area contributed by atoms with Gasteiger partial charge < -0.3 is 10.2 Å². The van der Waals surface area contributed by atoms with Crippen LogP contribution in [0, 0.1) is 5.82 Å². The molecule has 0 aliphatic carbocycles. The number of hydrogen-bond acceptors (Lipinski definition) is 3. The predicted molar refractivity (Wildman–Crippen MR) is 88.2 cm³/mol. The second kappa shape index (κ2) is 8.98. The van der Waals surface area contributed by atoms with Gasteiger partial charge in [-0.25, -0.2) is 9.37 Å². The number of aromatic nitrogens is 1. The van der Waals surface area contributed by atoms with Gasteiger partial charge in [-0.05, 0) is 25.8 Å². The van der Waals surface area contributed by atoms with Gasteiger partial charge in [0.2, 0.25) is 0 Å². The molecule has 0 fully saturated rings. The summed E-state index contributed by atoms with van der Waals surface area (Å²) >= 11 is 0. The number of nitrogens with one attached hydrogen (secondary N) is 1. The van der Waals surface area contributed by atoms with Crippen LogP contribution in [-0.2, 0) is 6.54 Å². The van der Waals surface area contributed by atoms with Gasteiger partial charge in [0.1, 0.15) is 0 Å². The Morgan fingerprint density at radius 1 is 1.29 bits per heavy atom. The Balaban J connectivity index is 2.99. The molecule has 3 nitrogen and oxygen atoms in total. The van der Waals surface area contributed by atoms with E-state index >= 15 is 0 Å². The third-order valence-corrected chi connectivity index (χ3v) is 3.80. The molecule has 0 spiro atoms. The highest BCUT2D eigenvalue weighted by molar-refractivity contribution is 5.44. The Kier molecular flexibility index (Phi) is 7.65. The third kappa shape index (κ3) is 5.27. The van der Waals surface area contributed by atoms with Crippen LogP contribution >= 0.6 is 0 Å². The molecule has 4 heteroatoms. The molecule has 1 N–H and O–H groups in total. The van der Waals surface area contributed by atoms with Crippen molar-refractivity contribution in [3.8, 4) is 0 Å². The topological polar surface area (TPSA) is 28.2 Å². The lowest BCUT2D eigenvalue weighted by Crippen LogP contribution is -2.35. The molecule has 0 amide bonds. The Labute approximate surface area is 129 Å². The Hall–Kier alpha value is -1.16. The number of hydrogen-bond donors (Lipinski definition) is 1. The fourth-order valence-electron chi connectivity index (χ4n) is 2.21. The van der Waals surface area contributed by atoms with E-state index in [0.717, 1.165) is 25.8 Å². The highest BCUT2D eigenvalue weighted by Crippen LogP contribution is 2.23. The molecular weight excluding hydrogens is 265 g/mol. The van der Waals surface area contributed by atoms with Crippen molar-refractivity contribution < 1.29 is 4.39 Å². The summed E-state index contributed by atoms with van der Waals surface area (Å²) in [7, 11) is 0. The summed E-state index contributed by atoms with van der Waals surface area (Å²) in [5, 5.41) is 3.27. The van der Waals surface area contributed by atoms with E-state index in [1.165, 1.54) is 0 Å². The second-order valence-corrected chi connectivity index (χ2v) is 5.95. The number of pyridine rings is 1. The van der Waals surface area contributed by atoms with Crippen molar-refractivity contribution in [3.05, 3.63) is 23.6 Å². The lowest BCUT2D eigenvalue weighted by Gasteiger charge is -2.30. The van der Waals surface area contributed by atoms with Gasteiger partial charge in [0.15, 0.2) is 11.6 Å². The molecule has 0 saturated heterocycles. The van der Waals surface area contributed by atoms with E-state index in [1.54, 1.807) is 12.3 Å². The molecule has 120 valence electrons. The molecule has 1 heterocycles. The lowest BCUT2D eigenvalue weighted by molar-refractivity contribution is 0.530. The van der Waals surface area contributed by atoms with E-state index < -0.39 is 0 Å². The summed E-state index contributed by atoms with van der Waals surface area (Å²) in [6.45, 7) is 11.9. The number of rotatable bonds is 9. The van der Waals surface area contributed by atoms with Gasteiger partial charge in [-0.1, -0.05) is 34.1 Å². The van der Waals surface area contributed by atoms with Crippen LogP contribution in [0.2, 0.25) is 0 Å². The number of unbranched alkanes of at least 4 members (excludes halogenated alkanes) is 1. The fraction of sp³-hybridized carbons (Fsp3) is 0.706. The molecule has 1 aromatic rings.